The summed E-state index contributed by atoms with van der Waals surface area (Å²) in [6.45, 7) is 8.84. The van der Waals surface area contributed by atoms with Crippen molar-refractivity contribution in [3.8, 4) is 5.75 Å². The van der Waals surface area contributed by atoms with Gasteiger partial charge < -0.3 is 14.9 Å². The standard InChI is InChI=1S/C15H22ClNO.C2H2O4/c1-12-9-13(2)11-17(10-12)7-8-18-15-5-3-14(16)4-6-15;3-1(4)2(5)6/h3-6,12-13H,7-11H2,1-2H3;(H,3,4)(H,5,6). The Kier molecular flexibility index (Phi) is 8.57. The first-order valence-electron chi connectivity index (χ1n) is 7.84. The van der Waals surface area contributed by atoms with Gasteiger partial charge in [0, 0.05) is 24.7 Å². The van der Waals surface area contributed by atoms with Crippen molar-refractivity contribution < 1.29 is 24.5 Å². The number of likely N-dealkylation sites (tertiary alicyclic amines) is 1. The van der Waals surface area contributed by atoms with Gasteiger partial charge in [0.1, 0.15) is 12.4 Å². The molecule has 2 atom stereocenters. The molecule has 6 nitrogen and oxygen atoms in total. The summed E-state index contributed by atoms with van der Waals surface area (Å²) >= 11 is 5.84. The molecule has 0 aliphatic carbocycles. The zero-order chi connectivity index (χ0) is 18.1. The zero-order valence-corrected chi connectivity index (χ0v) is 14.7. The van der Waals surface area contributed by atoms with Crippen molar-refractivity contribution >= 4 is 23.5 Å². The number of piperidine rings is 1. The van der Waals surface area contributed by atoms with Crippen molar-refractivity contribution in [1.82, 2.24) is 4.90 Å². The number of carbonyl (C=O) groups is 2. The van der Waals surface area contributed by atoms with Gasteiger partial charge in [-0.25, -0.2) is 9.59 Å². The highest BCUT2D eigenvalue weighted by molar-refractivity contribution is 6.30. The topological polar surface area (TPSA) is 87.1 Å². The molecule has 7 heteroatoms. The number of carboxylic acid groups (broad SMARTS) is 2. The van der Waals surface area contributed by atoms with Crippen LogP contribution in [0.2, 0.25) is 5.02 Å². The van der Waals surface area contributed by atoms with Gasteiger partial charge in [-0.3, -0.25) is 4.90 Å². The van der Waals surface area contributed by atoms with E-state index < -0.39 is 11.9 Å². The Morgan fingerprint density at radius 2 is 1.62 bits per heavy atom. The molecule has 2 rings (SSSR count). The molecule has 2 unspecified atom stereocenters. The third-order valence-electron chi connectivity index (χ3n) is 3.62. The average molecular weight is 358 g/mol. The van der Waals surface area contributed by atoms with Crippen molar-refractivity contribution in [2.24, 2.45) is 11.8 Å². The lowest BCUT2D eigenvalue weighted by Gasteiger charge is -2.34. The van der Waals surface area contributed by atoms with Crippen LogP contribution in [0.5, 0.6) is 5.75 Å². The molecule has 0 amide bonds. The maximum Gasteiger partial charge on any atom is 0.414 e. The van der Waals surface area contributed by atoms with Crippen LogP contribution in [0.15, 0.2) is 24.3 Å². The summed E-state index contributed by atoms with van der Waals surface area (Å²) in [6, 6.07) is 7.57. The third-order valence-corrected chi connectivity index (χ3v) is 3.87. The Bertz CT molecular complexity index is 512. The lowest BCUT2D eigenvalue weighted by atomic mass is 9.92. The smallest absolute Gasteiger partial charge is 0.414 e. The normalized spacial score (nSPS) is 20.6. The molecule has 0 aromatic heterocycles. The van der Waals surface area contributed by atoms with Crippen LogP contribution in [-0.4, -0.2) is 53.3 Å². The predicted molar refractivity (Wildman–Crippen MR) is 91.6 cm³/mol. The largest absolute Gasteiger partial charge is 0.492 e. The van der Waals surface area contributed by atoms with E-state index in [-0.39, 0.29) is 0 Å². The number of hydrogen-bond acceptors (Lipinski definition) is 4. The number of aliphatic carboxylic acids is 2. The fourth-order valence-corrected chi connectivity index (χ4v) is 2.92. The van der Waals surface area contributed by atoms with Gasteiger partial charge in [0.2, 0.25) is 0 Å². The Labute approximate surface area is 147 Å². The Morgan fingerprint density at radius 1 is 1.12 bits per heavy atom. The molecule has 0 bridgehead atoms. The minimum Gasteiger partial charge on any atom is -0.492 e. The van der Waals surface area contributed by atoms with Crippen LogP contribution in [0.1, 0.15) is 20.3 Å². The molecule has 1 saturated heterocycles. The lowest BCUT2D eigenvalue weighted by molar-refractivity contribution is -0.159. The maximum absolute atomic E-state index is 9.10. The summed E-state index contributed by atoms with van der Waals surface area (Å²) in [6.07, 6.45) is 1.36. The first-order chi connectivity index (χ1) is 11.3. The minimum absolute atomic E-state index is 0.751. The van der Waals surface area contributed by atoms with Crippen LogP contribution in [0, 0.1) is 11.8 Å². The summed E-state index contributed by atoms with van der Waals surface area (Å²) < 4.78 is 5.73. The number of nitrogens with zero attached hydrogens (tertiary/aromatic N) is 1. The van der Waals surface area contributed by atoms with Gasteiger partial charge in [0.15, 0.2) is 0 Å². The van der Waals surface area contributed by atoms with Crippen LogP contribution in [0.25, 0.3) is 0 Å². The van der Waals surface area contributed by atoms with Gasteiger partial charge >= 0.3 is 11.9 Å². The lowest BCUT2D eigenvalue weighted by Crippen LogP contribution is -2.40. The minimum atomic E-state index is -1.82. The molecule has 1 aliphatic rings. The monoisotopic (exact) mass is 357 g/mol. The van der Waals surface area contributed by atoms with E-state index in [1.807, 2.05) is 24.3 Å². The second-order valence-corrected chi connectivity index (χ2v) is 6.55. The second kappa shape index (κ2) is 10.2. The van der Waals surface area contributed by atoms with Gasteiger partial charge in [0.05, 0.1) is 0 Å². The molecule has 1 aromatic rings. The number of ether oxygens (including phenoxy) is 1. The van der Waals surface area contributed by atoms with Crippen molar-refractivity contribution in [2.45, 2.75) is 20.3 Å². The first kappa shape index (κ1) is 20.3. The zero-order valence-electron chi connectivity index (χ0n) is 13.9. The van der Waals surface area contributed by atoms with E-state index in [2.05, 4.69) is 18.7 Å². The molecular weight excluding hydrogens is 334 g/mol. The maximum atomic E-state index is 9.10. The molecule has 24 heavy (non-hydrogen) atoms. The Hall–Kier alpha value is -1.79. The Balaban J connectivity index is 0.000000413. The van der Waals surface area contributed by atoms with E-state index in [0.29, 0.717) is 0 Å². The molecule has 0 radical (unpaired) electrons. The van der Waals surface area contributed by atoms with Crippen LogP contribution < -0.4 is 4.74 Å². The molecule has 1 aromatic carbocycles. The SMILES string of the molecule is CC1CC(C)CN(CCOc2ccc(Cl)cc2)C1.O=C(O)C(=O)O. The van der Waals surface area contributed by atoms with E-state index in [9.17, 15) is 0 Å². The quantitative estimate of drug-likeness (QED) is 0.806. The predicted octanol–water partition coefficient (Wildman–Crippen LogP) is 2.85. The summed E-state index contributed by atoms with van der Waals surface area (Å²) in [7, 11) is 0. The summed E-state index contributed by atoms with van der Waals surface area (Å²) in [4.78, 5) is 20.7. The van der Waals surface area contributed by atoms with Crippen molar-refractivity contribution in [3.05, 3.63) is 29.3 Å². The van der Waals surface area contributed by atoms with Crippen LogP contribution in [-0.2, 0) is 9.59 Å². The molecule has 1 fully saturated rings. The molecule has 0 spiro atoms. The van der Waals surface area contributed by atoms with Gasteiger partial charge in [-0.1, -0.05) is 25.4 Å². The molecule has 0 saturated carbocycles. The van der Waals surface area contributed by atoms with Crippen molar-refractivity contribution in [3.63, 3.8) is 0 Å². The molecule has 2 N–H and O–H groups in total. The van der Waals surface area contributed by atoms with E-state index in [1.54, 1.807) is 0 Å². The number of hydrogen-bond donors (Lipinski definition) is 2. The highest BCUT2D eigenvalue weighted by Gasteiger charge is 2.21. The fraction of sp³-hybridized carbons (Fsp3) is 0.529. The molecule has 1 heterocycles. The summed E-state index contributed by atoms with van der Waals surface area (Å²) in [5.41, 5.74) is 0. The molecule has 1 aliphatic heterocycles. The van der Waals surface area contributed by atoms with Gasteiger partial charge in [-0.15, -0.1) is 0 Å². The van der Waals surface area contributed by atoms with Gasteiger partial charge in [0.25, 0.3) is 0 Å². The van der Waals surface area contributed by atoms with Gasteiger partial charge in [-0.05, 0) is 42.5 Å². The summed E-state index contributed by atoms with van der Waals surface area (Å²) in [5, 5.41) is 15.5. The van der Waals surface area contributed by atoms with E-state index in [1.165, 1.54) is 19.5 Å². The van der Waals surface area contributed by atoms with Crippen LogP contribution >= 0.6 is 11.6 Å². The fourth-order valence-electron chi connectivity index (χ4n) is 2.80. The summed E-state index contributed by atoms with van der Waals surface area (Å²) in [5.74, 6) is -1.13. The highest BCUT2D eigenvalue weighted by Crippen LogP contribution is 2.21. The van der Waals surface area contributed by atoms with Gasteiger partial charge in [-0.2, -0.15) is 0 Å². The number of rotatable bonds is 4. The highest BCUT2D eigenvalue weighted by atomic mass is 35.5. The number of benzene rings is 1. The second-order valence-electron chi connectivity index (χ2n) is 6.12. The van der Waals surface area contributed by atoms with E-state index >= 15 is 0 Å². The first-order valence-corrected chi connectivity index (χ1v) is 8.22. The number of carboxylic acids is 2. The van der Waals surface area contributed by atoms with Crippen molar-refractivity contribution in [2.75, 3.05) is 26.2 Å². The number of halogens is 1. The third kappa shape index (κ3) is 8.17. The molecule has 134 valence electrons. The average Bonchev–Trinajstić information content (AvgIpc) is 2.49. The van der Waals surface area contributed by atoms with Crippen molar-refractivity contribution in [1.29, 1.82) is 0 Å². The van der Waals surface area contributed by atoms with Crippen LogP contribution in [0.4, 0.5) is 0 Å². The molecular formula is C17H24ClNO5. The Morgan fingerprint density at radius 3 is 2.08 bits per heavy atom. The van der Waals surface area contributed by atoms with E-state index in [4.69, 9.17) is 36.1 Å². The van der Waals surface area contributed by atoms with E-state index in [0.717, 1.165) is 35.8 Å². The van der Waals surface area contributed by atoms with Crippen LogP contribution in [0.3, 0.4) is 0 Å².